The molecule has 9 heteroatoms. The van der Waals surface area contributed by atoms with Crippen LogP contribution in [-0.2, 0) is 4.74 Å². The van der Waals surface area contributed by atoms with Crippen molar-refractivity contribution in [2.24, 2.45) is 0 Å². The summed E-state index contributed by atoms with van der Waals surface area (Å²) in [6.45, 7) is 2.77. The molecule has 3 aromatic heterocycles. The number of nitrogens with zero attached hydrogens (tertiary/aromatic N) is 5. The van der Waals surface area contributed by atoms with Gasteiger partial charge < -0.3 is 25.4 Å². The molecule has 4 heterocycles. The molecule has 0 radical (unpaired) electrons. The second-order valence-electron chi connectivity index (χ2n) is 7.42. The molecular formula is C23H23N7O2. The molecule has 1 fully saturated rings. The van der Waals surface area contributed by atoms with Crippen molar-refractivity contribution in [3.63, 3.8) is 0 Å². The first-order valence-corrected chi connectivity index (χ1v) is 10.3. The monoisotopic (exact) mass is 429 g/mol. The van der Waals surface area contributed by atoms with Gasteiger partial charge in [-0.15, -0.1) is 0 Å². The first-order chi connectivity index (χ1) is 15.7. The number of anilines is 4. The van der Waals surface area contributed by atoms with Crippen LogP contribution in [0.4, 0.5) is 23.3 Å². The highest BCUT2D eigenvalue weighted by Gasteiger charge is 2.17. The van der Waals surface area contributed by atoms with E-state index in [4.69, 9.17) is 25.2 Å². The number of nitrogens with two attached hydrogens (primary N) is 1. The van der Waals surface area contributed by atoms with E-state index in [1.54, 1.807) is 25.6 Å². The van der Waals surface area contributed by atoms with Gasteiger partial charge in [-0.25, -0.2) is 9.97 Å². The summed E-state index contributed by atoms with van der Waals surface area (Å²) in [6.07, 6.45) is 3.50. The number of fused-ring (bicyclic) bond motifs is 1. The quantitative estimate of drug-likeness (QED) is 0.494. The first-order valence-electron chi connectivity index (χ1n) is 10.3. The molecule has 0 amide bonds. The maximum absolute atomic E-state index is 5.76. The Bertz CT molecular complexity index is 1240. The minimum absolute atomic E-state index is 0.465. The summed E-state index contributed by atoms with van der Waals surface area (Å²) in [5.41, 5.74) is 9.08. The van der Waals surface area contributed by atoms with Crippen LogP contribution in [0, 0.1) is 0 Å². The molecule has 0 atom stereocenters. The van der Waals surface area contributed by atoms with Gasteiger partial charge in [0.2, 0.25) is 5.95 Å². The lowest BCUT2D eigenvalue weighted by atomic mass is 10.2. The van der Waals surface area contributed by atoms with Crippen LogP contribution < -0.4 is 20.7 Å². The van der Waals surface area contributed by atoms with Crippen molar-refractivity contribution in [2.45, 2.75) is 0 Å². The average molecular weight is 429 g/mol. The number of aromatic nitrogens is 4. The van der Waals surface area contributed by atoms with Crippen molar-refractivity contribution in [3.8, 4) is 17.0 Å². The van der Waals surface area contributed by atoms with Crippen LogP contribution in [0.1, 0.15) is 0 Å². The second kappa shape index (κ2) is 8.64. The van der Waals surface area contributed by atoms with Crippen LogP contribution in [0.3, 0.4) is 0 Å². The third-order valence-electron chi connectivity index (χ3n) is 5.25. The van der Waals surface area contributed by atoms with Gasteiger partial charge >= 0.3 is 0 Å². The number of morpholine rings is 1. The van der Waals surface area contributed by atoms with E-state index in [0.717, 1.165) is 46.7 Å². The van der Waals surface area contributed by atoms with E-state index in [0.29, 0.717) is 30.8 Å². The molecule has 162 valence electrons. The van der Waals surface area contributed by atoms with Gasteiger partial charge in [0.1, 0.15) is 17.4 Å². The number of methoxy groups -OCH3 is 1. The van der Waals surface area contributed by atoms with E-state index in [9.17, 15) is 0 Å². The van der Waals surface area contributed by atoms with Gasteiger partial charge in [-0.3, -0.25) is 4.98 Å². The summed E-state index contributed by atoms with van der Waals surface area (Å²) in [5, 5.41) is 4.35. The summed E-state index contributed by atoms with van der Waals surface area (Å²) in [7, 11) is 1.65. The standard InChI is InChI=1S/C23H23N7O2/c1-31-18-3-4-19-16(11-18)10-17(14-25-19)27-22-12-20(15-2-5-21(24)26-13-15)28-23(29-22)30-6-8-32-9-7-30/h2-5,10-14H,6-9H2,1H3,(H2,24,26)(H,27,28,29). The van der Waals surface area contributed by atoms with Gasteiger partial charge in [-0.1, -0.05) is 0 Å². The molecule has 4 aromatic rings. The number of ether oxygens (including phenoxy) is 2. The number of hydrogen-bond acceptors (Lipinski definition) is 9. The number of nitrogens with one attached hydrogen (secondary N) is 1. The van der Waals surface area contributed by atoms with Crippen LogP contribution in [0.5, 0.6) is 5.75 Å². The minimum Gasteiger partial charge on any atom is -0.497 e. The van der Waals surface area contributed by atoms with Gasteiger partial charge in [-0.2, -0.15) is 4.98 Å². The van der Waals surface area contributed by atoms with E-state index in [-0.39, 0.29) is 0 Å². The molecule has 9 nitrogen and oxygen atoms in total. The number of pyridine rings is 2. The van der Waals surface area contributed by atoms with E-state index >= 15 is 0 Å². The van der Waals surface area contributed by atoms with E-state index in [1.807, 2.05) is 36.4 Å². The van der Waals surface area contributed by atoms with Crippen LogP contribution in [0.25, 0.3) is 22.2 Å². The van der Waals surface area contributed by atoms with Crippen LogP contribution in [-0.4, -0.2) is 53.3 Å². The molecule has 0 aliphatic carbocycles. The zero-order valence-electron chi connectivity index (χ0n) is 17.7. The van der Waals surface area contributed by atoms with Crippen molar-refractivity contribution >= 4 is 34.2 Å². The number of rotatable bonds is 5. The summed E-state index contributed by atoms with van der Waals surface area (Å²) < 4.78 is 10.8. The fraction of sp³-hybridized carbons (Fsp3) is 0.217. The summed E-state index contributed by atoms with van der Waals surface area (Å²) in [5.74, 6) is 2.55. The smallest absolute Gasteiger partial charge is 0.228 e. The number of hydrogen-bond donors (Lipinski definition) is 2. The lowest BCUT2D eigenvalue weighted by molar-refractivity contribution is 0.122. The van der Waals surface area contributed by atoms with Crippen molar-refractivity contribution < 1.29 is 9.47 Å². The fourth-order valence-corrected chi connectivity index (χ4v) is 3.56. The van der Waals surface area contributed by atoms with Gasteiger partial charge in [0, 0.05) is 36.3 Å². The molecule has 0 spiro atoms. The number of nitrogen functional groups attached to an aromatic ring is 1. The highest BCUT2D eigenvalue weighted by molar-refractivity contribution is 5.84. The van der Waals surface area contributed by atoms with Gasteiger partial charge in [0.05, 0.1) is 43.4 Å². The zero-order valence-corrected chi connectivity index (χ0v) is 17.7. The Hall–Kier alpha value is -3.98. The van der Waals surface area contributed by atoms with Gasteiger partial charge in [0.25, 0.3) is 0 Å². The fourth-order valence-electron chi connectivity index (χ4n) is 3.56. The first kappa shape index (κ1) is 20.0. The maximum Gasteiger partial charge on any atom is 0.228 e. The Morgan fingerprint density at radius 3 is 2.66 bits per heavy atom. The highest BCUT2D eigenvalue weighted by Crippen LogP contribution is 2.27. The Morgan fingerprint density at radius 2 is 1.88 bits per heavy atom. The third-order valence-corrected chi connectivity index (χ3v) is 5.25. The molecule has 0 bridgehead atoms. The molecule has 5 rings (SSSR count). The van der Waals surface area contributed by atoms with E-state index < -0.39 is 0 Å². The molecule has 1 saturated heterocycles. The molecule has 3 N–H and O–H groups in total. The SMILES string of the molecule is COc1ccc2ncc(Nc3cc(-c4ccc(N)nc4)nc(N4CCOCC4)n3)cc2c1. The zero-order chi connectivity index (χ0) is 21.9. The molecule has 0 unspecified atom stereocenters. The highest BCUT2D eigenvalue weighted by atomic mass is 16.5. The molecular weight excluding hydrogens is 406 g/mol. The molecule has 1 aliphatic rings. The van der Waals surface area contributed by atoms with Gasteiger partial charge in [0.15, 0.2) is 0 Å². The minimum atomic E-state index is 0.465. The Morgan fingerprint density at radius 1 is 1.00 bits per heavy atom. The summed E-state index contributed by atoms with van der Waals surface area (Å²) in [4.78, 5) is 20.4. The summed E-state index contributed by atoms with van der Waals surface area (Å²) in [6, 6.07) is 13.4. The maximum atomic E-state index is 5.76. The Balaban J connectivity index is 1.52. The Labute approximate surface area is 185 Å². The largest absolute Gasteiger partial charge is 0.497 e. The van der Waals surface area contributed by atoms with E-state index in [1.165, 1.54) is 0 Å². The third kappa shape index (κ3) is 4.23. The second-order valence-corrected chi connectivity index (χ2v) is 7.42. The van der Waals surface area contributed by atoms with Crippen molar-refractivity contribution in [1.82, 2.24) is 19.9 Å². The van der Waals surface area contributed by atoms with Crippen molar-refractivity contribution in [2.75, 3.05) is 49.4 Å². The predicted octanol–water partition coefficient (Wildman–Crippen LogP) is 3.26. The predicted molar refractivity (Wildman–Crippen MR) is 124 cm³/mol. The number of benzene rings is 1. The summed E-state index contributed by atoms with van der Waals surface area (Å²) >= 11 is 0. The molecule has 1 aromatic carbocycles. The molecule has 32 heavy (non-hydrogen) atoms. The topological polar surface area (TPSA) is 111 Å². The molecule has 0 saturated carbocycles. The van der Waals surface area contributed by atoms with Gasteiger partial charge in [-0.05, 0) is 36.4 Å². The average Bonchev–Trinajstić information content (AvgIpc) is 2.84. The van der Waals surface area contributed by atoms with Crippen LogP contribution in [0.2, 0.25) is 0 Å². The molecule has 1 aliphatic heterocycles. The van der Waals surface area contributed by atoms with Crippen LogP contribution >= 0.6 is 0 Å². The Kier molecular flexibility index (Phi) is 5.39. The lowest BCUT2D eigenvalue weighted by Gasteiger charge is -2.27. The normalized spacial score (nSPS) is 13.8. The van der Waals surface area contributed by atoms with Crippen molar-refractivity contribution in [1.29, 1.82) is 0 Å². The lowest BCUT2D eigenvalue weighted by Crippen LogP contribution is -2.37. The van der Waals surface area contributed by atoms with Crippen LogP contribution in [0.15, 0.2) is 54.9 Å². The van der Waals surface area contributed by atoms with E-state index in [2.05, 4.69) is 20.2 Å². The van der Waals surface area contributed by atoms with Crippen molar-refractivity contribution in [3.05, 3.63) is 54.9 Å².